The first-order valence-electron chi connectivity index (χ1n) is 9.64. The van der Waals surface area contributed by atoms with Crippen molar-refractivity contribution in [2.24, 2.45) is 5.92 Å². The molecular weight excluding hydrogens is 344 g/mol. The van der Waals surface area contributed by atoms with Crippen LogP contribution >= 0.6 is 0 Å². The van der Waals surface area contributed by atoms with Gasteiger partial charge in [0.15, 0.2) is 0 Å². The molecular formula is C21H26N2O4. The van der Waals surface area contributed by atoms with Crippen molar-refractivity contribution in [2.45, 2.75) is 19.4 Å². The highest BCUT2D eigenvalue weighted by Gasteiger charge is 2.19. The predicted molar refractivity (Wildman–Crippen MR) is 101 cm³/mol. The summed E-state index contributed by atoms with van der Waals surface area (Å²) >= 11 is 0. The monoisotopic (exact) mass is 370 g/mol. The number of rotatable bonds is 5. The van der Waals surface area contributed by atoms with Crippen molar-refractivity contribution in [2.75, 3.05) is 39.5 Å². The quantitative estimate of drug-likeness (QED) is 0.876. The average molecular weight is 370 g/mol. The van der Waals surface area contributed by atoms with Crippen molar-refractivity contribution in [3.63, 3.8) is 0 Å². The van der Waals surface area contributed by atoms with Crippen LogP contribution in [0.25, 0.3) is 0 Å². The van der Waals surface area contributed by atoms with Crippen molar-refractivity contribution < 1.29 is 18.7 Å². The molecule has 0 saturated carbocycles. The van der Waals surface area contributed by atoms with Crippen LogP contribution in [0.15, 0.2) is 41.0 Å². The van der Waals surface area contributed by atoms with Gasteiger partial charge >= 0.3 is 0 Å². The molecule has 6 nitrogen and oxygen atoms in total. The summed E-state index contributed by atoms with van der Waals surface area (Å²) in [6.07, 6.45) is 3.41. The smallest absolute Gasteiger partial charge is 0.254 e. The lowest BCUT2D eigenvalue weighted by Crippen LogP contribution is -2.35. The number of morpholine rings is 1. The van der Waals surface area contributed by atoms with Gasteiger partial charge in [-0.05, 0) is 36.5 Å². The van der Waals surface area contributed by atoms with Crippen molar-refractivity contribution in [1.29, 1.82) is 0 Å². The van der Waals surface area contributed by atoms with Gasteiger partial charge in [-0.25, -0.2) is 0 Å². The lowest BCUT2D eigenvalue weighted by molar-refractivity contribution is 0.0313. The number of nitrogens with zero attached hydrogens (tertiary/aromatic N) is 1. The molecule has 1 aromatic carbocycles. The topological polar surface area (TPSA) is 63.9 Å². The summed E-state index contributed by atoms with van der Waals surface area (Å²) in [7, 11) is 0. The summed E-state index contributed by atoms with van der Waals surface area (Å²) in [5.74, 6) is 2.08. The lowest BCUT2D eigenvalue weighted by atomic mass is 9.97. The Hall–Kier alpha value is -2.31. The second-order valence-corrected chi connectivity index (χ2v) is 7.22. The van der Waals surface area contributed by atoms with Gasteiger partial charge in [-0.15, -0.1) is 0 Å². The molecule has 0 radical (unpaired) electrons. The second-order valence-electron chi connectivity index (χ2n) is 7.22. The first-order valence-corrected chi connectivity index (χ1v) is 9.64. The van der Waals surface area contributed by atoms with E-state index in [2.05, 4.69) is 16.3 Å². The van der Waals surface area contributed by atoms with Crippen molar-refractivity contribution in [3.05, 3.63) is 53.5 Å². The zero-order valence-electron chi connectivity index (χ0n) is 15.5. The number of fused-ring (bicyclic) bond motifs is 1. The largest absolute Gasteiger partial charge is 0.493 e. The predicted octanol–water partition coefficient (Wildman–Crippen LogP) is 2.48. The Bertz CT molecular complexity index is 767. The van der Waals surface area contributed by atoms with Gasteiger partial charge in [0, 0.05) is 19.6 Å². The molecule has 1 saturated heterocycles. The summed E-state index contributed by atoms with van der Waals surface area (Å²) in [6, 6.07) is 9.98. The average Bonchev–Trinajstić information content (AvgIpc) is 3.06. The molecule has 1 amide bonds. The zero-order chi connectivity index (χ0) is 18.5. The molecule has 3 heterocycles. The SMILES string of the molecule is O=C(NCC1CCOc2ccccc2C1)c1coc(CN2CCOCC2)c1. The molecule has 1 unspecified atom stereocenters. The van der Waals surface area contributed by atoms with E-state index in [4.69, 9.17) is 13.9 Å². The molecule has 27 heavy (non-hydrogen) atoms. The van der Waals surface area contributed by atoms with Crippen molar-refractivity contribution in [3.8, 4) is 5.75 Å². The zero-order valence-corrected chi connectivity index (χ0v) is 15.5. The number of nitrogens with one attached hydrogen (secondary N) is 1. The molecule has 4 rings (SSSR count). The van der Waals surface area contributed by atoms with Crippen LogP contribution in [-0.2, 0) is 17.7 Å². The van der Waals surface area contributed by atoms with E-state index < -0.39 is 0 Å². The number of carbonyl (C=O) groups is 1. The van der Waals surface area contributed by atoms with E-state index in [9.17, 15) is 4.79 Å². The Balaban J connectivity index is 1.29. The number of amides is 1. The Kier molecular flexibility index (Phi) is 5.75. The van der Waals surface area contributed by atoms with E-state index in [-0.39, 0.29) is 5.91 Å². The number of furan rings is 1. The third-order valence-corrected chi connectivity index (χ3v) is 5.22. The maximum absolute atomic E-state index is 12.5. The summed E-state index contributed by atoms with van der Waals surface area (Å²) in [5, 5.41) is 3.06. The Morgan fingerprint density at radius 1 is 1.19 bits per heavy atom. The molecule has 144 valence electrons. The minimum Gasteiger partial charge on any atom is -0.493 e. The first-order chi connectivity index (χ1) is 13.3. The van der Waals surface area contributed by atoms with Gasteiger partial charge in [0.25, 0.3) is 5.91 Å². The molecule has 0 aliphatic carbocycles. The van der Waals surface area contributed by atoms with E-state index in [1.54, 1.807) is 6.26 Å². The molecule has 6 heteroatoms. The van der Waals surface area contributed by atoms with Crippen LogP contribution in [0.2, 0.25) is 0 Å². The van der Waals surface area contributed by atoms with Crippen molar-refractivity contribution in [1.82, 2.24) is 10.2 Å². The standard InChI is InChI=1S/C21H26N2O4/c24-21(18-12-19(27-15-18)14-23-6-9-25-10-7-23)22-13-16-5-8-26-20-4-2-1-3-17(20)11-16/h1-4,12,15-16H,5-11,13-14H2,(H,22,24). The maximum atomic E-state index is 12.5. The van der Waals surface area contributed by atoms with Gasteiger partial charge in [-0.3, -0.25) is 9.69 Å². The van der Waals surface area contributed by atoms with E-state index in [1.165, 1.54) is 5.56 Å². The Morgan fingerprint density at radius 3 is 2.93 bits per heavy atom. The molecule has 1 aromatic heterocycles. The fourth-order valence-electron chi connectivity index (χ4n) is 3.64. The lowest BCUT2D eigenvalue weighted by Gasteiger charge is -2.25. The molecule has 0 bridgehead atoms. The Labute approximate surface area is 159 Å². The molecule has 0 spiro atoms. The number of hydrogen-bond donors (Lipinski definition) is 1. The van der Waals surface area contributed by atoms with Gasteiger partial charge in [-0.1, -0.05) is 18.2 Å². The molecule has 1 N–H and O–H groups in total. The highest BCUT2D eigenvalue weighted by atomic mass is 16.5. The third-order valence-electron chi connectivity index (χ3n) is 5.22. The summed E-state index contributed by atoms with van der Waals surface area (Å²) < 4.78 is 16.7. The number of ether oxygens (including phenoxy) is 2. The molecule has 2 aliphatic rings. The van der Waals surface area contributed by atoms with Gasteiger partial charge in [0.1, 0.15) is 17.8 Å². The van der Waals surface area contributed by atoms with E-state index in [1.807, 2.05) is 24.3 Å². The second kappa shape index (κ2) is 8.59. The Morgan fingerprint density at radius 2 is 2.04 bits per heavy atom. The van der Waals surface area contributed by atoms with Crippen LogP contribution in [0.3, 0.4) is 0 Å². The molecule has 2 aliphatic heterocycles. The van der Waals surface area contributed by atoms with Crippen LogP contribution in [0, 0.1) is 5.92 Å². The van der Waals surface area contributed by atoms with Gasteiger partial charge in [0.2, 0.25) is 0 Å². The van der Waals surface area contributed by atoms with Crippen LogP contribution in [0.1, 0.15) is 28.1 Å². The van der Waals surface area contributed by atoms with Crippen LogP contribution < -0.4 is 10.1 Å². The fourth-order valence-corrected chi connectivity index (χ4v) is 3.64. The highest BCUT2D eigenvalue weighted by Crippen LogP contribution is 2.26. The van der Waals surface area contributed by atoms with Gasteiger partial charge in [-0.2, -0.15) is 0 Å². The molecule has 1 atom stereocenters. The first kappa shape index (κ1) is 18.1. The fraction of sp³-hybridized carbons (Fsp3) is 0.476. The van der Waals surface area contributed by atoms with E-state index in [0.29, 0.717) is 31.2 Å². The minimum atomic E-state index is -0.0783. The molecule has 2 aromatic rings. The summed E-state index contributed by atoms with van der Waals surface area (Å²) in [5.41, 5.74) is 1.80. The van der Waals surface area contributed by atoms with E-state index >= 15 is 0 Å². The van der Waals surface area contributed by atoms with Crippen LogP contribution in [-0.4, -0.2) is 50.3 Å². The van der Waals surface area contributed by atoms with Crippen LogP contribution in [0.4, 0.5) is 0 Å². The summed E-state index contributed by atoms with van der Waals surface area (Å²) in [4.78, 5) is 14.8. The highest BCUT2D eigenvalue weighted by molar-refractivity contribution is 5.93. The van der Waals surface area contributed by atoms with Gasteiger partial charge in [0.05, 0.1) is 31.9 Å². The third kappa shape index (κ3) is 4.70. The molecule has 1 fully saturated rings. The minimum absolute atomic E-state index is 0.0783. The van der Waals surface area contributed by atoms with Gasteiger partial charge < -0.3 is 19.2 Å². The van der Waals surface area contributed by atoms with Crippen molar-refractivity contribution >= 4 is 5.91 Å². The number of benzene rings is 1. The number of para-hydroxylation sites is 1. The summed E-state index contributed by atoms with van der Waals surface area (Å²) in [6.45, 7) is 5.34. The number of hydrogen-bond acceptors (Lipinski definition) is 5. The number of carbonyl (C=O) groups excluding carboxylic acids is 1. The normalized spacial score (nSPS) is 20.4. The maximum Gasteiger partial charge on any atom is 0.254 e. The van der Waals surface area contributed by atoms with Crippen LogP contribution in [0.5, 0.6) is 5.75 Å². The van der Waals surface area contributed by atoms with E-state index in [0.717, 1.165) is 50.7 Å².